The van der Waals surface area contributed by atoms with Crippen LogP contribution in [0.1, 0.15) is 11.1 Å². The summed E-state index contributed by atoms with van der Waals surface area (Å²) in [5, 5.41) is 0. The van der Waals surface area contributed by atoms with Crippen LogP contribution in [0.15, 0.2) is 48.5 Å². The second-order valence-corrected chi connectivity index (χ2v) is 3.81. The van der Waals surface area contributed by atoms with Crippen LogP contribution >= 0.6 is 0 Å². The van der Waals surface area contributed by atoms with Gasteiger partial charge in [-0.3, -0.25) is 0 Å². The lowest BCUT2D eigenvalue weighted by Gasteiger charge is -2.05. The zero-order valence-electron chi connectivity index (χ0n) is 9.19. The van der Waals surface area contributed by atoms with Gasteiger partial charge in [0.1, 0.15) is 0 Å². The van der Waals surface area contributed by atoms with Crippen LogP contribution in [0.5, 0.6) is 0 Å². The van der Waals surface area contributed by atoms with Gasteiger partial charge >= 0.3 is 0 Å². The number of rotatable bonds is 3. The van der Waals surface area contributed by atoms with E-state index < -0.39 is 0 Å². The number of hydrogen-bond donors (Lipinski definition) is 2. The lowest BCUT2D eigenvalue weighted by Crippen LogP contribution is -1.96. The molecule has 2 rings (SSSR count). The molecule has 0 aliphatic rings. The molecule has 16 heavy (non-hydrogen) atoms. The summed E-state index contributed by atoms with van der Waals surface area (Å²) in [6.07, 6.45) is 0. The van der Waals surface area contributed by atoms with E-state index in [9.17, 15) is 0 Å². The summed E-state index contributed by atoms with van der Waals surface area (Å²) in [5.41, 5.74) is 15.9. The van der Waals surface area contributed by atoms with E-state index in [2.05, 4.69) is 36.4 Å². The Morgan fingerprint density at radius 3 is 2.00 bits per heavy atom. The topological polar surface area (TPSA) is 52.0 Å². The molecule has 0 saturated heterocycles. The van der Waals surface area contributed by atoms with Gasteiger partial charge in [0.25, 0.3) is 0 Å². The predicted molar refractivity (Wildman–Crippen MR) is 67.7 cm³/mol. The molecule has 4 N–H and O–H groups in total. The summed E-state index contributed by atoms with van der Waals surface area (Å²) in [6, 6.07) is 16.6. The molecule has 0 radical (unpaired) electrons. The Morgan fingerprint density at radius 2 is 1.38 bits per heavy atom. The molecule has 0 spiro atoms. The molecule has 2 aromatic carbocycles. The minimum absolute atomic E-state index is 0.578. The fourth-order valence-electron chi connectivity index (χ4n) is 1.71. The molecular weight excluding hydrogens is 196 g/mol. The summed E-state index contributed by atoms with van der Waals surface area (Å²) < 4.78 is 0. The first kappa shape index (κ1) is 10.9. The maximum Gasteiger partial charge on any atom is 0.0178 e. The summed E-state index contributed by atoms with van der Waals surface area (Å²) in [5.74, 6) is 0. The lowest BCUT2D eigenvalue weighted by atomic mass is 10.0. The second kappa shape index (κ2) is 4.92. The van der Waals surface area contributed by atoms with Gasteiger partial charge < -0.3 is 11.5 Å². The molecule has 2 heteroatoms. The summed E-state index contributed by atoms with van der Waals surface area (Å²) in [4.78, 5) is 0. The van der Waals surface area contributed by atoms with Gasteiger partial charge in [-0.25, -0.2) is 0 Å². The number of hydrogen-bond acceptors (Lipinski definition) is 2. The first-order chi connectivity index (χ1) is 7.83. The molecule has 0 saturated carbocycles. The largest absolute Gasteiger partial charge is 0.326 e. The third kappa shape index (κ3) is 2.30. The molecule has 0 heterocycles. The Balaban J connectivity index is 2.34. The highest BCUT2D eigenvalue weighted by molar-refractivity contribution is 5.64. The Labute approximate surface area is 95.9 Å². The lowest BCUT2D eigenvalue weighted by molar-refractivity contribution is 1.07. The van der Waals surface area contributed by atoms with Crippen LogP contribution in [-0.2, 0) is 13.1 Å². The van der Waals surface area contributed by atoms with Crippen LogP contribution in [0, 0.1) is 0 Å². The Morgan fingerprint density at radius 1 is 0.688 bits per heavy atom. The standard InChI is InChI=1S/C14H16N2/c15-9-11-4-6-13(7-5-11)14-3-1-2-12(8-14)10-16/h1-8H,9-10,15-16H2. The Hall–Kier alpha value is -1.64. The fraction of sp³-hybridized carbons (Fsp3) is 0.143. The molecule has 82 valence electrons. The summed E-state index contributed by atoms with van der Waals surface area (Å²) in [6.45, 7) is 1.16. The van der Waals surface area contributed by atoms with E-state index in [0.717, 1.165) is 11.1 Å². The smallest absolute Gasteiger partial charge is 0.0178 e. The van der Waals surface area contributed by atoms with Crippen molar-refractivity contribution >= 4 is 0 Å². The van der Waals surface area contributed by atoms with E-state index >= 15 is 0 Å². The minimum atomic E-state index is 0.578. The fourth-order valence-corrected chi connectivity index (χ4v) is 1.71. The van der Waals surface area contributed by atoms with E-state index in [0.29, 0.717) is 13.1 Å². The van der Waals surface area contributed by atoms with E-state index in [1.54, 1.807) is 0 Å². The molecule has 0 amide bonds. The highest BCUT2D eigenvalue weighted by Gasteiger charge is 1.98. The first-order valence-electron chi connectivity index (χ1n) is 5.42. The van der Waals surface area contributed by atoms with E-state index in [-0.39, 0.29) is 0 Å². The zero-order valence-corrected chi connectivity index (χ0v) is 9.19. The average Bonchev–Trinajstić information content (AvgIpc) is 2.39. The van der Waals surface area contributed by atoms with Crippen molar-refractivity contribution in [3.63, 3.8) is 0 Å². The van der Waals surface area contributed by atoms with Crippen molar-refractivity contribution in [2.24, 2.45) is 11.5 Å². The van der Waals surface area contributed by atoms with Crippen molar-refractivity contribution in [3.05, 3.63) is 59.7 Å². The maximum atomic E-state index is 5.63. The van der Waals surface area contributed by atoms with Crippen LogP contribution in [0.4, 0.5) is 0 Å². The van der Waals surface area contributed by atoms with Crippen LogP contribution in [-0.4, -0.2) is 0 Å². The number of nitrogens with two attached hydrogens (primary N) is 2. The molecule has 0 aliphatic heterocycles. The SMILES string of the molecule is NCc1ccc(-c2cccc(CN)c2)cc1. The molecule has 0 fully saturated rings. The Bertz CT molecular complexity index is 460. The minimum Gasteiger partial charge on any atom is -0.326 e. The second-order valence-electron chi connectivity index (χ2n) is 3.81. The number of benzene rings is 2. The van der Waals surface area contributed by atoms with Crippen molar-refractivity contribution < 1.29 is 0 Å². The predicted octanol–water partition coefficient (Wildman–Crippen LogP) is 2.27. The Kier molecular flexibility index (Phi) is 3.34. The summed E-state index contributed by atoms with van der Waals surface area (Å²) >= 11 is 0. The quantitative estimate of drug-likeness (QED) is 0.820. The van der Waals surface area contributed by atoms with Crippen molar-refractivity contribution in [1.82, 2.24) is 0 Å². The van der Waals surface area contributed by atoms with Gasteiger partial charge in [0.05, 0.1) is 0 Å². The first-order valence-corrected chi connectivity index (χ1v) is 5.42. The van der Waals surface area contributed by atoms with Crippen LogP contribution in [0.25, 0.3) is 11.1 Å². The van der Waals surface area contributed by atoms with Gasteiger partial charge in [0.15, 0.2) is 0 Å². The van der Waals surface area contributed by atoms with Crippen LogP contribution < -0.4 is 11.5 Å². The van der Waals surface area contributed by atoms with Crippen molar-refractivity contribution in [2.75, 3.05) is 0 Å². The third-order valence-electron chi connectivity index (χ3n) is 2.69. The van der Waals surface area contributed by atoms with Crippen LogP contribution in [0.2, 0.25) is 0 Å². The van der Waals surface area contributed by atoms with E-state index in [1.807, 2.05) is 12.1 Å². The van der Waals surface area contributed by atoms with Gasteiger partial charge in [-0.05, 0) is 28.3 Å². The molecule has 0 unspecified atom stereocenters. The monoisotopic (exact) mass is 212 g/mol. The molecule has 2 nitrogen and oxygen atoms in total. The van der Waals surface area contributed by atoms with E-state index in [4.69, 9.17) is 11.5 Å². The van der Waals surface area contributed by atoms with Gasteiger partial charge in [0, 0.05) is 13.1 Å². The van der Waals surface area contributed by atoms with Crippen LogP contribution in [0.3, 0.4) is 0 Å². The van der Waals surface area contributed by atoms with Crippen molar-refractivity contribution in [1.29, 1.82) is 0 Å². The van der Waals surface area contributed by atoms with Crippen molar-refractivity contribution in [2.45, 2.75) is 13.1 Å². The normalized spacial score (nSPS) is 10.4. The molecule has 2 aromatic rings. The maximum absolute atomic E-state index is 5.63. The van der Waals surface area contributed by atoms with E-state index in [1.165, 1.54) is 11.1 Å². The molecule has 0 aromatic heterocycles. The molecule has 0 atom stereocenters. The molecule has 0 bridgehead atoms. The molecule has 0 aliphatic carbocycles. The van der Waals surface area contributed by atoms with Gasteiger partial charge in [-0.2, -0.15) is 0 Å². The molecular formula is C14H16N2. The van der Waals surface area contributed by atoms with Gasteiger partial charge in [-0.15, -0.1) is 0 Å². The van der Waals surface area contributed by atoms with Crippen molar-refractivity contribution in [3.8, 4) is 11.1 Å². The zero-order chi connectivity index (χ0) is 11.4. The highest BCUT2D eigenvalue weighted by atomic mass is 14.5. The van der Waals surface area contributed by atoms with Gasteiger partial charge in [-0.1, -0.05) is 42.5 Å². The highest BCUT2D eigenvalue weighted by Crippen LogP contribution is 2.20. The summed E-state index contributed by atoms with van der Waals surface area (Å²) in [7, 11) is 0. The van der Waals surface area contributed by atoms with Gasteiger partial charge in [0.2, 0.25) is 0 Å². The average molecular weight is 212 g/mol. The third-order valence-corrected chi connectivity index (χ3v) is 2.69.